The highest BCUT2D eigenvalue weighted by Gasteiger charge is 2.53. The summed E-state index contributed by atoms with van der Waals surface area (Å²) >= 11 is 0. The van der Waals surface area contributed by atoms with Crippen molar-refractivity contribution < 1.29 is 0 Å². The minimum Gasteiger partial charge on any atom is -0.128 e. The van der Waals surface area contributed by atoms with Crippen LogP contribution < -0.4 is 0 Å². The van der Waals surface area contributed by atoms with E-state index in [4.69, 9.17) is 0 Å². The first-order valence-corrected chi connectivity index (χ1v) is 27.6. The van der Waals surface area contributed by atoms with Gasteiger partial charge in [-0.15, -0.1) is 11.1 Å². The molecule has 2 rings (SSSR count). The van der Waals surface area contributed by atoms with E-state index in [2.05, 4.69) is 103 Å². The summed E-state index contributed by atoms with van der Waals surface area (Å²) in [4.78, 5) is 3.63. The molecule has 0 nitrogen and oxygen atoms in total. The molecule has 2 aliphatic rings. The van der Waals surface area contributed by atoms with E-state index in [0.29, 0.717) is 0 Å². The van der Waals surface area contributed by atoms with E-state index in [1.54, 1.807) is 0 Å². The van der Waals surface area contributed by atoms with Crippen LogP contribution in [0.15, 0.2) is 20.8 Å². The summed E-state index contributed by atoms with van der Waals surface area (Å²) in [5.41, 5.74) is 11.1. The van der Waals surface area contributed by atoms with E-state index < -0.39 is 39.4 Å². The lowest BCUT2D eigenvalue weighted by Crippen LogP contribution is -2.60. The monoisotopic (exact) mass is 472 g/mol. The van der Waals surface area contributed by atoms with Crippen LogP contribution in [0.1, 0.15) is 27.7 Å². The molecule has 160 valence electrons. The van der Waals surface area contributed by atoms with Gasteiger partial charge in [0, 0.05) is 11.1 Å². The van der Waals surface area contributed by atoms with Crippen molar-refractivity contribution >= 4 is 39.4 Å². The maximum atomic E-state index is 4.13. The van der Waals surface area contributed by atoms with Gasteiger partial charge in [0.15, 0.2) is 0 Å². The van der Waals surface area contributed by atoms with Crippen LogP contribution in [0.5, 0.6) is 0 Å². The van der Waals surface area contributed by atoms with Crippen LogP contribution in [-0.4, -0.2) is 39.4 Å². The molecule has 0 radical (unpaired) electrons. The summed E-state index contributed by atoms with van der Waals surface area (Å²) in [5.74, 6) is 7.94. The van der Waals surface area contributed by atoms with Gasteiger partial charge in [-0.25, -0.2) is 0 Å². The molecule has 0 aromatic heterocycles. The Hall–Kier alpha value is -0.316. The number of allylic oxidation sites excluding steroid dienone is 2. The molecular weight excluding hydrogens is 429 g/mol. The van der Waals surface area contributed by atoms with Crippen molar-refractivity contribution in [1.82, 2.24) is 0 Å². The van der Waals surface area contributed by atoms with Crippen molar-refractivity contribution in [1.29, 1.82) is 0 Å². The lowest BCUT2D eigenvalue weighted by Gasteiger charge is -2.39. The molecule has 5 heteroatoms. The molecule has 0 fully saturated rings. The minimum absolute atomic E-state index is 1.29. The average molecular weight is 473 g/mol. The van der Waals surface area contributed by atoms with E-state index in [9.17, 15) is 0 Å². The molecule has 0 N–H and O–H groups in total. The number of hydrogen-bond acceptors (Lipinski definition) is 0. The van der Waals surface area contributed by atoms with Gasteiger partial charge in [0.25, 0.3) is 0 Å². The quantitative estimate of drug-likeness (QED) is 0.281. The van der Waals surface area contributed by atoms with Crippen LogP contribution in [0, 0.1) is 22.9 Å². The van der Waals surface area contributed by atoms with E-state index in [1.807, 2.05) is 9.64 Å². The summed E-state index contributed by atoms with van der Waals surface area (Å²) in [5, 5.41) is 0. The largest absolute Gasteiger partial charge is 0.144 e. The minimum atomic E-state index is -1.67. The molecule has 0 atom stereocenters. The molecule has 0 unspecified atom stereocenters. The van der Waals surface area contributed by atoms with Gasteiger partial charge < -0.3 is 0 Å². The lowest BCUT2D eigenvalue weighted by molar-refractivity contribution is 1.25. The van der Waals surface area contributed by atoms with Crippen molar-refractivity contribution in [3.63, 3.8) is 0 Å². The predicted molar refractivity (Wildman–Crippen MR) is 147 cm³/mol. The highest BCUT2D eigenvalue weighted by atomic mass is 29.3. The first-order valence-electron chi connectivity index (χ1n) is 11.7. The molecule has 0 spiro atoms. The zero-order valence-electron chi connectivity index (χ0n) is 21.3. The van der Waals surface area contributed by atoms with Crippen LogP contribution in [0.25, 0.3) is 0 Å². The van der Waals surface area contributed by atoms with E-state index >= 15 is 0 Å². The second-order valence-corrected chi connectivity index (χ2v) is 40.4. The summed E-state index contributed by atoms with van der Waals surface area (Å²) in [6, 6.07) is 5.15. The lowest BCUT2D eigenvalue weighted by atomic mass is 10.1. The van der Waals surface area contributed by atoms with Crippen molar-refractivity contribution in [2.75, 3.05) is 0 Å². The molecule has 2 heterocycles. The Morgan fingerprint density at radius 1 is 0.586 bits per heavy atom. The van der Waals surface area contributed by atoms with Crippen molar-refractivity contribution in [3.8, 4) is 22.9 Å². The second kappa shape index (κ2) is 7.99. The van der Waals surface area contributed by atoms with Crippen LogP contribution in [0.3, 0.4) is 0 Å². The molecule has 0 amide bonds. The van der Waals surface area contributed by atoms with Gasteiger partial charge in [-0.1, -0.05) is 126 Å². The fourth-order valence-electron chi connectivity index (χ4n) is 6.69. The normalized spacial score (nSPS) is 22.2. The van der Waals surface area contributed by atoms with Gasteiger partial charge in [-0.3, -0.25) is 0 Å². The predicted octanol–water partition coefficient (Wildman–Crippen LogP) is 7.29. The molecule has 0 aromatic carbocycles. The molecule has 0 saturated carbocycles. The van der Waals surface area contributed by atoms with E-state index in [-0.39, 0.29) is 0 Å². The van der Waals surface area contributed by atoms with Crippen LogP contribution in [0.4, 0.5) is 0 Å². The Kier molecular flexibility index (Phi) is 6.87. The molecule has 29 heavy (non-hydrogen) atoms. The topological polar surface area (TPSA) is 0 Å². The fraction of sp³-hybridized carbons (Fsp3) is 0.667. The third-order valence-electron chi connectivity index (χ3n) is 7.68. The molecule has 2 aliphatic heterocycles. The number of fused-ring (bicyclic) bond motifs is 1. The van der Waals surface area contributed by atoms with Crippen LogP contribution in [0.2, 0.25) is 76.6 Å². The van der Waals surface area contributed by atoms with Gasteiger partial charge in [-0.05, 0) is 0 Å². The SMILES string of the molecule is CC[Si]1(CC)C#CC2=C([Si](C)(C)C)[Si](C)(C)C([Si](C)(C)C)=C2C#C[Si]1(CC)CC. The standard InChI is InChI=1S/C24H44Si5/c1-13-28(14-2)19-17-21-22(18-20-29(28,15-3)16-4)24(26(8,9)10)27(11,12)23(21)25(5,6)7/h13-16H2,1-12H3. The Balaban J connectivity index is 3.04. The Bertz CT molecular complexity index is 787. The van der Waals surface area contributed by atoms with Gasteiger partial charge in [0.1, 0.15) is 15.2 Å². The number of hydrogen-bond donors (Lipinski definition) is 0. The maximum absolute atomic E-state index is 4.13. The van der Waals surface area contributed by atoms with Crippen LogP contribution in [-0.2, 0) is 0 Å². The Morgan fingerprint density at radius 2 is 0.862 bits per heavy atom. The molecule has 0 bridgehead atoms. The molecule has 0 saturated heterocycles. The Morgan fingerprint density at radius 3 is 1.07 bits per heavy atom. The van der Waals surface area contributed by atoms with E-state index in [0.717, 1.165) is 0 Å². The summed E-state index contributed by atoms with van der Waals surface area (Å²) in [6.45, 7) is 30.2. The maximum Gasteiger partial charge on any atom is 0.144 e. The second-order valence-electron chi connectivity index (χ2n) is 11.7. The van der Waals surface area contributed by atoms with E-state index in [1.165, 1.54) is 35.3 Å². The number of rotatable bonds is 6. The zero-order chi connectivity index (χ0) is 22.5. The smallest absolute Gasteiger partial charge is 0.128 e. The van der Waals surface area contributed by atoms with Gasteiger partial charge in [0.2, 0.25) is 0 Å². The highest BCUT2D eigenvalue weighted by molar-refractivity contribution is 7.48. The first kappa shape index (κ1) is 24.9. The van der Waals surface area contributed by atoms with Crippen LogP contribution >= 0.6 is 0 Å². The van der Waals surface area contributed by atoms with Crippen molar-refractivity contribution in [2.45, 2.75) is 104 Å². The molecule has 0 aromatic rings. The van der Waals surface area contributed by atoms with Crippen molar-refractivity contribution in [3.05, 3.63) is 20.8 Å². The average Bonchev–Trinajstić information content (AvgIpc) is 2.82. The summed E-state index contributed by atoms with van der Waals surface area (Å²) in [6.07, 6.45) is 0. The van der Waals surface area contributed by atoms with Gasteiger partial charge in [-0.2, -0.15) is 0 Å². The summed E-state index contributed by atoms with van der Waals surface area (Å²) in [7, 11) is -7.94. The third-order valence-corrected chi connectivity index (χ3v) is 40.8. The zero-order valence-corrected chi connectivity index (χ0v) is 26.3. The fourth-order valence-corrected chi connectivity index (χ4v) is 42.1. The van der Waals surface area contributed by atoms with Gasteiger partial charge >= 0.3 is 0 Å². The van der Waals surface area contributed by atoms with Gasteiger partial charge in [0.05, 0.1) is 24.2 Å². The summed E-state index contributed by atoms with van der Waals surface area (Å²) < 4.78 is 0. The highest BCUT2D eigenvalue weighted by Crippen LogP contribution is 2.47. The Labute approximate surface area is 186 Å². The third kappa shape index (κ3) is 3.87. The molecule has 0 aliphatic carbocycles. The van der Waals surface area contributed by atoms with Crippen molar-refractivity contribution in [2.24, 2.45) is 0 Å². The first-order chi connectivity index (χ1) is 13.2. The molecular formula is C24H44Si5.